The van der Waals surface area contributed by atoms with Crippen molar-refractivity contribution in [1.29, 1.82) is 0 Å². The van der Waals surface area contributed by atoms with Gasteiger partial charge in [0.15, 0.2) is 17.5 Å². The Hall–Kier alpha value is -9.45. The van der Waals surface area contributed by atoms with Gasteiger partial charge in [-0.05, 0) is 104 Å². The Morgan fingerprint density at radius 2 is 0.843 bits per heavy atom. The third kappa shape index (κ3) is 6.59. The first-order chi connectivity index (χ1) is 34.7. The molecule has 0 N–H and O–H groups in total. The highest BCUT2D eigenvalue weighted by molar-refractivity contribution is 6.16. The van der Waals surface area contributed by atoms with Crippen molar-refractivity contribution in [2.24, 2.45) is 0 Å². The molecule has 0 spiro atoms. The van der Waals surface area contributed by atoms with E-state index in [-0.39, 0.29) is 0 Å². The number of rotatable bonds is 7. The molecular weight excluding hydrogens is 853 g/mol. The first-order valence-corrected chi connectivity index (χ1v) is 23.7. The van der Waals surface area contributed by atoms with Crippen molar-refractivity contribution in [3.8, 4) is 73.2 Å². The summed E-state index contributed by atoms with van der Waals surface area (Å²) in [7, 11) is 0. The lowest BCUT2D eigenvalue weighted by molar-refractivity contribution is 0.669. The maximum absolute atomic E-state index is 6.43. The van der Waals surface area contributed by atoms with Crippen LogP contribution in [0.25, 0.3) is 139 Å². The quantitative estimate of drug-likeness (QED) is 0.160. The second-order valence-electron chi connectivity index (χ2n) is 17.9. The summed E-state index contributed by atoms with van der Waals surface area (Å²) in [6, 6.07) is 86.1. The first kappa shape index (κ1) is 39.7. The Bertz CT molecular complexity index is 4350. The molecule has 0 fully saturated rings. The van der Waals surface area contributed by atoms with Crippen molar-refractivity contribution >= 4 is 65.3 Å². The largest absolute Gasteiger partial charge is 0.456 e. The van der Waals surface area contributed by atoms with Crippen LogP contribution >= 0.6 is 0 Å². The van der Waals surface area contributed by atoms with Crippen LogP contribution in [0, 0.1) is 0 Å². The van der Waals surface area contributed by atoms with Crippen LogP contribution in [0.5, 0.6) is 0 Å². The molecule has 0 aliphatic heterocycles. The molecule has 0 saturated carbocycles. The Morgan fingerprint density at radius 1 is 0.286 bits per heavy atom. The maximum Gasteiger partial charge on any atom is 0.165 e. The van der Waals surface area contributed by atoms with E-state index >= 15 is 0 Å². The highest BCUT2D eigenvalue weighted by Gasteiger charge is 2.24. The topological polar surface area (TPSA) is 56.7 Å². The molecule has 0 aliphatic carbocycles. The van der Waals surface area contributed by atoms with Crippen LogP contribution in [-0.4, -0.2) is 19.5 Å². The predicted molar refractivity (Wildman–Crippen MR) is 289 cm³/mol. The molecular formula is C65H40N4O. The molecule has 0 saturated heterocycles. The fraction of sp³-hybridized carbons (Fsp3) is 0. The molecule has 0 unspecified atom stereocenters. The molecule has 11 aromatic carbocycles. The van der Waals surface area contributed by atoms with Crippen molar-refractivity contribution in [3.63, 3.8) is 0 Å². The first-order valence-electron chi connectivity index (χ1n) is 23.7. The van der Waals surface area contributed by atoms with Gasteiger partial charge in [0.1, 0.15) is 11.2 Å². The van der Waals surface area contributed by atoms with Gasteiger partial charge in [-0.15, -0.1) is 0 Å². The van der Waals surface area contributed by atoms with Crippen LogP contribution in [0.1, 0.15) is 0 Å². The molecule has 5 heteroatoms. The second kappa shape index (κ2) is 16.1. The zero-order valence-electron chi connectivity index (χ0n) is 37.8. The number of fused-ring (bicyclic) bond motifs is 8. The maximum atomic E-state index is 6.43. The van der Waals surface area contributed by atoms with Gasteiger partial charge in [0, 0.05) is 43.6 Å². The lowest BCUT2D eigenvalue weighted by atomic mass is 9.89. The highest BCUT2D eigenvalue weighted by atomic mass is 16.3. The molecule has 0 radical (unpaired) electrons. The van der Waals surface area contributed by atoms with E-state index in [4.69, 9.17) is 19.4 Å². The predicted octanol–water partition coefficient (Wildman–Crippen LogP) is 17.2. The smallest absolute Gasteiger partial charge is 0.165 e. The van der Waals surface area contributed by atoms with Crippen molar-refractivity contribution < 1.29 is 4.42 Å². The average molecular weight is 893 g/mol. The van der Waals surface area contributed by atoms with Crippen molar-refractivity contribution in [2.75, 3.05) is 0 Å². The van der Waals surface area contributed by atoms with Gasteiger partial charge in [-0.1, -0.05) is 188 Å². The van der Waals surface area contributed by atoms with Gasteiger partial charge in [-0.3, -0.25) is 0 Å². The number of para-hydroxylation sites is 2. The zero-order chi connectivity index (χ0) is 46.1. The molecule has 0 bridgehead atoms. The van der Waals surface area contributed by atoms with E-state index in [2.05, 4.69) is 211 Å². The van der Waals surface area contributed by atoms with E-state index in [0.717, 1.165) is 93.9 Å². The van der Waals surface area contributed by atoms with Gasteiger partial charge in [0.05, 0.1) is 16.7 Å². The van der Waals surface area contributed by atoms with Crippen LogP contribution in [0.15, 0.2) is 247 Å². The number of furan rings is 1. The molecule has 14 rings (SSSR count). The van der Waals surface area contributed by atoms with Gasteiger partial charge in [-0.2, -0.15) is 0 Å². The summed E-state index contributed by atoms with van der Waals surface area (Å²) in [5.74, 6) is 1.72. The standard InChI is InChI=1S/C65H40N4O/c1-4-17-41(18-5-1)44-25-16-26-45(35-44)48-31-33-51-56(37-48)62(65-67-63(43-21-8-3-9-22-43)66-64(68-65)49-32-34-53-52-28-13-15-30-60(52)70-61(53)39-49)54(42-19-6-2-7-20-42)40-59(51)69-57-29-14-12-27-50(57)55-36-46-23-10-11-24-47(46)38-58(55)69/h1-40H. The molecule has 0 atom stereocenters. The van der Waals surface area contributed by atoms with Gasteiger partial charge >= 0.3 is 0 Å². The van der Waals surface area contributed by atoms with Crippen LogP contribution in [0.4, 0.5) is 0 Å². The van der Waals surface area contributed by atoms with E-state index < -0.39 is 0 Å². The van der Waals surface area contributed by atoms with Crippen molar-refractivity contribution in [3.05, 3.63) is 243 Å². The third-order valence-corrected chi connectivity index (χ3v) is 13.8. The molecule has 5 nitrogen and oxygen atoms in total. The van der Waals surface area contributed by atoms with E-state index in [0.29, 0.717) is 17.5 Å². The molecule has 14 aromatic rings. The molecule has 70 heavy (non-hydrogen) atoms. The van der Waals surface area contributed by atoms with Gasteiger partial charge in [0.2, 0.25) is 0 Å². The minimum absolute atomic E-state index is 0.559. The van der Waals surface area contributed by atoms with Gasteiger partial charge in [0.25, 0.3) is 0 Å². The number of aromatic nitrogens is 4. The van der Waals surface area contributed by atoms with Crippen LogP contribution < -0.4 is 0 Å². The summed E-state index contributed by atoms with van der Waals surface area (Å²) in [5, 5.41) is 9.03. The number of nitrogens with zero attached hydrogens (tertiary/aromatic N) is 4. The van der Waals surface area contributed by atoms with E-state index in [1.807, 2.05) is 36.4 Å². The normalized spacial score (nSPS) is 11.7. The fourth-order valence-electron chi connectivity index (χ4n) is 10.5. The Balaban J connectivity index is 1.10. The third-order valence-electron chi connectivity index (χ3n) is 13.8. The summed E-state index contributed by atoms with van der Waals surface area (Å²) in [6.07, 6.45) is 0. The molecule has 3 aromatic heterocycles. The molecule has 0 amide bonds. The van der Waals surface area contributed by atoms with Crippen LogP contribution in [-0.2, 0) is 0 Å². The Kier molecular flexibility index (Phi) is 9.14. The molecule has 326 valence electrons. The minimum Gasteiger partial charge on any atom is -0.456 e. The number of benzene rings is 11. The Morgan fingerprint density at radius 3 is 1.63 bits per heavy atom. The van der Waals surface area contributed by atoms with Crippen molar-refractivity contribution in [2.45, 2.75) is 0 Å². The van der Waals surface area contributed by atoms with Crippen molar-refractivity contribution in [1.82, 2.24) is 19.5 Å². The summed E-state index contributed by atoms with van der Waals surface area (Å²) >= 11 is 0. The number of hydrogen-bond acceptors (Lipinski definition) is 4. The van der Waals surface area contributed by atoms with Gasteiger partial charge in [-0.25, -0.2) is 15.0 Å². The SMILES string of the molecule is c1ccc(-c2cccc(-c3ccc4c(-n5c6ccccc6c6cc7ccccc7cc65)cc(-c5ccccc5)c(-c5nc(-c6ccccc6)nc(-c6ccc7c(c6)oc6ccccc67)n5)c4c3)c2)cc1. The monoisotopic (exact) mass is 892 g/mol. The van der Waals surface area contributed by atoms with E-state index in [1.54, 1.807) is 0 Å². The molecule has 0 aliphatic rings. The summed E-state index contributed by atoms with van der Waals surface area (Å²) in [4.78, 5) is 16.2. The second-order valence-corrected chi connectivity index (χ2v) is 17.9. The highest BCUT2D eigenvalue weighted by Crippen LogP contribution is 2.45. The lowest BCUT2D eigenvalue weighted by Crippen LogP contribution is -2.04. The van der Waals surface area contributed by atoms with E-state index in [9.17, 15) is 0 Å². The summed E-state index contributed by atoms with van der Waals surface area (Å²) < 4.78 is 8.89. The summed E-state index contributed by atoms with van der Waals surface area (Å²) in [5.41, 5.74) is 14.2. The van der Waals surface area contributed by atoms with Crippen LogP contribution in [0.3, 0.4) is 0 Å². The fourth-order valence-corrected chi connectivity index (χ4v) is 10.5. The van der Waals surface area contributed by atoms with Crippen LogP contribution in [0.2, 0.25) is 0 Å². The van der Waals surface area contributed by atoms with Gasteiger partial charge < -0.3 is 8.98 Å². The van der Waals surface area contributed by atoms with E-state index in [1.165, 1.54) is 27.1 Å². The minimum atomic E-state index is 0.559. The average Bonchev–Trinajstić information content (AvgIpc) is 3.97. The number of hydrogen-bond donors (Lipinski definition) is 0. The summed E-state index contributed by atoms with van der Waals surface area (Å²) in [6.45, 7) is 0. The Labute approximate surface area is 403 Å². The molecule has 3 heterocycles. The lowest BCUT2D eigenvalue weighted by Gasteiger charge is -2.20. The zero-order valence-corrected chi connectivity index (χ0v) is 37.8.